The fourth-order valence-electron chi connectivity index (χ4n) is 2.74. The Hall–Kier alpha value is -3.06. The maximum Gasteiger partial charge on any atom is 0.305 e. The van der Waals surface area contributed by atoms with Crippen LogP contribution >= 0.6 is 12.2 Å². The van der Waals surface area contributed by atoms with Crippen LogP contribution in [0.1, 0.15) is 48.5 Å². The van der Waals surface area contributed by atoms with Gasteiger partial charge in [0.05, 0.1) is 6.61 Å². The Morgan fingerprint density at radius 1 is 0.967 bits per heavy atom. The first kappa shape index (κ1) is 23.2. The SMILES string of the molecule is CC(=O)c1cccc(NC(=S)NC(=O)CCCC(=O)OCCCc2ccccc2)c1. The van der Waals surface area contributed by atoms with Crippen molar-refractivity contribution in [3.8, 4) is 0 Å². The van der Waals surface area contributed by atoms with Crippen molar-refractivity contribution in [1.82, 2.24) is 5.32 Å². The molecule has 0 atom stereocenters. The molecule has 158 valence electrons. The third-order valence-corrected chi connectivity index (χ3v) is 4.48. The number of amides is 1. The number of anilines is 1. The van der Waals surface area contributed by atoms with E-state index >= 15 is 0 Å². The number of benzene rings is 2. The van der Waals surface area contributed by atoms with E-state index in [1.165, 1.54) is 12.5 Å². The average molecular weight is 427 g/mol. The Balaban J connectivity index is 1.58. The second kappa shape index (κ2) is 12.5. The normalized spacial score (nSPS) is 10.2. The fraction of sp³-hybridized carbons (Fsp3) is 0.304. The summed E-state index contributed by atoms with van der Waals surface area (Å²) in [6.45, 7) is 1.85. The number of rotatable bonds is 10. The number of aryl methyl sites for hydroxylation is 1. The van der Waals surface area contributed by atoms with E-state index in [0.717, 1.165) is 12.8 Å². The maximum atomic E-state index is 12.0. The zero-order valence-electron chi connectivity index (χ0n) is 17.0. The van der Waals surface area contributed by atoms with E-state index < -0.39 is 0 Å². The van der Waals surface area contributed by atoms with Crippen LogP contribution in [0.4, 0.5) is 5.69 Å². The Bertz CT molecular complexity index is 884. The minimum Gasteiger partial charge on any atom is -0.466 e. The van der Waals surface area contributed by atoms with Gasteiger partial charge in [-0.05, 0) is 56.1 Å². The summed E-state index contributed by atoms with van der Waals surface area (Å²) in [5.41, 5.74) is 2.38. The predicted molar refractivity (Wildman–Crippen MR) is 120 cm³/mol. The summed E-state index contributed by atoms with van der Waals surface area (Å²) in [7, 11) is 0. The molecule has 6 nitrogen and oxygen atoms in total. The molecule has 0 saturated heterocycles. The summed E-state index contributed by atoms with van der Waals surface area (Å²) in [5.74, 6) is -0.648. The van der Waals surface area contributed by atoms with Gasteiger partial charge in [-0.2, -0.15) is 0 Å². The highest BCUT2D eigenvalue weighted by molar-refractivity contribution is 7.80. The molecule has 0 aliphatic rings. The lowest BCUT2D eigenvalue weighted by molar-refractivity contribution is -0.143. The summed E-state index contributed by atoms with van der Waals surface area (Å²) in [6.07, 6.45) is 2.34. The van der Waals surface area contributed by atoms with Gasteiger partial charge in [0, 0.05) is 24.1 Å². The van der Waals surface area contributed by atoms with Crippen LogP contribution < -0.4 is 10.6 Å². The number of ketones is 1. The van der Waals surface area contributed by atoms with Gasteiger partial charge >= 0.3 is 5.97 Å². The van der Waals surface area contributed by atoms with E-state index in [4.69, 9.17) is 17.0 Å². The van der Waals surface area contributed by atoms with Gasteiger partial charge in [-0.15, -0.1) is 0 Å². The zero-order chi connectivity index (χ0) is 21.8. The molecule has 0 bridgehead atoms. The quantitative estimate of drug-likeness (QED) is 0.258. The Morgan fingerprint density at radius 2 is 1.73 bits per heavy atom. The number of nitrogens with one attached hydrogen (secondary N) is 2. The molecule has 0 aliphatic carbocycles. The number of esters is 1. The minimum atomic E-state index is -0.308. The van der Waals surface area contributed by atoms with Crippen molar-refractivity contribution in [2.75, 3.05) is 11.9 Å². The molecule has 0 spiro atoms. The molecule has 2 aromatic rings. The van der Waals surface area contributed by atoms with Crippen LogP contribution in [-0.4, -0.2) is 29.4 Å². The highest BCUT2D eigenvalue weighted by Crippen LogP contribution is 2.11. The topological polar surface area (TPSA) is 84.5 Å². The molecule has 1 amide bonds. The van der Waals surface area contributed by atoms with Crippen LogP contribution in [0.2, 0.25) is 0 Å². The summed E-state index contributed by atoms with van der Waals surface area (Å²) >= 11 is 5.11. The summed E-state index contributed by atoms with van der Waals surface area (Å²) < 4.78 is 5.20. The summed E-state index contributed by atoms with van der Waals surface area (Å²) in [5, 5.41) is 5.58. The smallest absolute Gasteiger partial charge is 0.305 e. The Labute approximate surface area is 182 Å². The molecule has 0 aliphatic heterocycles. The predicted octanol–water partition coefficient (Wildman–Crippen LogP) is 4.05. The van der Waals surface area contributed by atoms with Crippen LogP contribution in [0.5, 0.6) is 0 Å². The fourth-order valence-corrected chi connectivity index (χ4v) is 2.97. The van der Waals surface area contributed by atoms with Crippen molar-refractivity contribution in [1.29, 1.82) is 0 Å². The lowest BCUT2D eigenvalue weighted by atomic mass is 10.1. The molecule has 2 N–H and O–H groups in total. The lowest BCUT2D eigenvalue weighted by Gasteiger charge is -2.10. The van der Waals surface area contributed by atoms with Crippen molar-refractivity contribution in [2.24, 2.45) is 0 Å². The van der Waals surface area contributed by atoms with Crippen LogP contribution in [0.3, 0.4) is 0 Å². The van der Waals surface area contributed by atoms with Crippen LogP contribution in [0.15, 0.2) is 54.6 Å². The molecule has 2 rings (SSSR count). The number of carbonyl (C=O) groups is 3. The number of ether oxygens (including phenoxy) is 1. The van der Waals surface area contributed by atoms with Gasteiger partial charge < -0.3 is 15.4 Å². The first-order chi connectivity index (χ1) is 14.4. The van der Waals surface area contributed by atoms with Crippen molar-refractivity contribution >= 4 is 40.7 Å². The van der Waals surface area contributed by atoms with Gasteiger partial charge in [-0.1, -0.05) is 42.5 Å². The van der Waals surface area contributed by atoms with Crippen molar-refractivity contribution in [2.45, 2.75) is 39.0 Å². The van der Waals surface area contributed by atoms with E-state index in [2.05, 4.69) is 10.6 Å². The van der Waals surface area contributed by atoms with Crippen molar-refractivity contribution in [3.63, 3.8) is 0 Å². The van der Waals surface area contributed by atoms with Crippen LogP contribution in [0.25, 0.3) is 0 Å². The molecule has 0 fully saturated rings. The molecule has 0 aromatic heterocycles. The second-order valence-corrected chi connectivity index (χ2v) is 7.21. The monoisotopic (exact) mass is 426 g/mol. The summed E-state index contributed by atoms with van der Waals surface area (Å²) in [6, 6.07) is 16.9. The molecular formula is C23H26N2O4S. The minimum absolute atomic E-state index is 0.0550. The van der Waals surface area contributed by atoms with Crippen molar-refractivity contribution in [3.05, 3.63) is 65.7 Å². The van der Waals surface area contributed by atoms with Crippen LogP contribution in [0, 0.1) is 0 Å². The third-order valence-electron chi connectivity index (χ3n) is 4.28. The first-order valence-electron chi connectivity index (χ1n) is 9.85. The molecule has 30 heavy (non-hydrogen) atoms. The van der Waals surface area contributed by atoms with E-state index in [1.807, 2.05) is 30.3 Å². The molecule has 7 heteroatoms. The molecule has 0 unspecified atom stereocenters. The molecule has 0 radical (unpaired) electrons. The molecule has 2 aromatic carbocycles. The molecule has 0 saturated carbocycles. The Kier molecular flexibility index (Phi) is 9.67. The number of hydrogen-bond donors (Lipinski definition) is 2. The summed E-state index contributed by atoms with van der Waals surface area (Å²) in [4.78, 5) is 35.2. The number of hydrogen-bond acceptors (Lipinski definition) is 5. The van der Waals surface area contributed by atoms with E-state index in [-0.39, 0.29) is 35.6 Å². The van der Waals surface area contributed by atoms with Crippen LogP contribution in [-0.2, 0) is 20.7 Å². The largest absolute Gasteiger partial charge is 0.466 e. The average Bonchev–Trinajstić information content (AvgIpc) is 2.72. The zero-order valence-corrected chi connectivity index (χ0v) is 17.8. The highest BCUT2D eigenvalue weighted by Gasteiger charge is 2.09. The van der Waals surface area contributed by atoms with Gasteiger partial charge in [0.1, 0.15) is 0 Å². The highest BCUT2D eigenvalue weighted by atomic mass is 32.1. The van der Waals surface area contributed by atoms with E-state index in [9.17, 15) is 14.4 Å². The maximum absolute atomic E-state index is 12.0. The van der Waals surface area contributed by atoms with Gasteiger partial charge in [-0.25, -0.2) is 0 Å². The van der Waals surface area contributed by atoms with E-state index in [0.29, 0.717) is 24.3 Å². The number of thiocarbonyl (C=S) groups is 1. The molecular weight excluding hydrogens is 400 g/mol. The number of Topliss-reactive ketones (excluding diaryl/α,β-unsaturated/α-hetero) is 1. The van der Waals surface area contributed by atoms with Gasteiger partial charge in [-0.3, -0.25) is 14.4 Å². The lowest BCUT2D eigenvalue weighted by Crippen LogP contribution is -2.34. The van der Waals surface area contributed by atoms with Crippen molar-refractivity contribution < 1.29 is 19.1 Å². The second-order valence-electron chi connectivity index (χ2n) is 6.80. The van der Waals surface area contributed by atoms with E-state index in [1.54, 1.807) is 24.3 Å². The molecule has 0 heterocycles. The number of carbonyl (C=O) groups excluding carboxylic acids is 3. The Morgan fingerprint density at radius 3 is 2.47 bits per heavy atom. The standard InChI is InChI=1S/C23H26N2O4S/c1-17(26)19-11-5-12-20(16-19)24-23(30)25-21(27)13-6-14-22(28)29-15-7-10-18-8-3-2-4-9-18/h2-5,8-9,11-12,16H,6-7,10,13-15H2,1H3,(H2,24,25,27,30). The van der Waals surface area contributed by atoms with Gasteiger partial charge in [0.15, 0.2) is 10.9 Å². The van der Waals surface area contributed by atoms with Gasteiger partial charge in [0.25, 0.3) is 0 Å². The third kappa shape index (κ3) is 8.96. The first-order valence-corrected chi connectivity index (χ1v) is 10.3. The van der Waals surface area contributed by atoms with Gasteiger partial charge in [0.2, 0.25) is 5.91 Å².